The third kappa shape index (κ3) is 3.10. The highest BCUT2D eigenvalue weighted by Gasteiger charge is 2.21. The van der Waals surface area contributed by atoms with Gasteiger partial charge >= 0.3 is 0 Å². The van der Waals surface area contributed by atoms with Crippen LogP contribution < -0.4 is 0 Å². The number of H-pyrrole nitrogens is 1. The fraction of sp³-hybridized carbons (Fsp3) is 0.600. The summed E-state index contributed by atoms with van der Waals surface area (Å²) in [7, 11) is 1.98. The number of aromatic nitrogens is 4. The Balaban J connectivity index is 1.57. The number of aromatic amines is 1. The van der Waals surface area contributed by atoms with E-state index in [1.165, 1.54) is 36.3 Å². The topological polar surface area (TPSA) is 49.7 Å². The zero-order chi connectivity index (χ0) is 13.9. The predicted octanol–water partition coefficient (Wildman–Crippen LogP) is 1.91. The fourth-order valence-corrected chi connectivity index (χ4v) is 3.11. The van der Waals surface area contributed by atoms with Crippen LogP contribution >= 0.6 is 0 Å². The van der Waals surface area contributed by atoms with E-state index in [2.05, 4.69) is 33.2 Å². The van der Waals surface area contributed by atoms with Gasteiger partial charge in [0, 0.05) is 32.0 Å². The summed E-state index contributed by atoms with van der Waals surface area (Å²) in [5.41, 5.74) is 3.76. The van der Waals surface area contributed by atoms with Crippen LogP contribution in [0.25, 0.3) is 0 Å². The monoisotopic (exact) mass is 273 g/mol. The molecule has 3 heterocycles. The molecule has 0 radical (unpaired) electrons. The fourth-order valence-electron chi connectivity index (χ4n) is 3.11. The van der Waals surface area contributed by atoms with Gasteiger partial charge < -0.3 is 0 Å². The molecule has 1 N–H and O–H groups in total. The summed E-state index contributed by atoms with van der Waals surface area (Å²) in [4.78, 5) is 2.53. The van der Waals surface area contributed by atoms with Gasteiger partial charge in [-0.2, -0.15) is 10.2 Å². The van der Waals surface area contributed by atoms with Gasteiger partial charge in [0.25, 0.3) is 0 Å². The van der Waals surface area contributed by atoms with Crippen LogP contribution in [0.1, 0.15) is 29.8 Å². The van der Waals surface area contributed by atoms with Gasteiger partial charge in [0.2, 0.25) is 0 Å². The van der Waals surface area contributed by atoms with Crippen LogP contribution in [0, 0.1) is 12.8 Å². The Bertz CT molecular complexity index is 556. The lowest BCUT2D eigenvalue weighted by Crippen LogP contribution is -2.36. The molecule has 1 fully saturated rings. The molecule has 5 heteroatoms. The molecule has 1 saturated heterocycles. The number of rotatable bonds is 4. The molecule has 1 aliphatic heterocycles. The number of hydrogen-bond acceptors (Lipinski definition) is 3. The first-order valence-corrected chi connectivity index (χ1v) is 7.40. The summed E-state index contributed by atoms with van der Waals surface area (Å²) in [5, 5.41) is 11.7. The third-order valence-electron chi connectivity index (χ3n) is 4.18. The van der Waals surface area contributed by atoms with Crippen LogP contribution in [0.5, 0.6) is 0 Å². The van der Waals surface area contributed by atoms with E-state index in [0.29, 0.717) is 0 Å². The molecule has 0 aliphatic carbocycles. The molecule has 3 rings (SSSR count). The Morgan fingerprint density at radius 1 is 1.45 bits per heavy atom. The van der Waals surface area contributed by atoms with Gasteiger partial charge in [-0.1, -0.05) is 0 Å². The lowest BCUT2D eigenvalue weighted by atomic mass is 9.92. The Labute approximate surface area is 120 Å². The Kier molecular flexibility index (Phi) is 3.87. The summed E-state index contributed by atoms with van der Waals surface area (Å²) in [6.07, 6.45) is 7.65. The van der Waals surface area contributed by atoms with Gasteiger partial charge in [0.15, 0.2) is 0 Å². The molecule has 0 saturated carbocycles. The Hall–Kier alpha value is -1.62. The Morgan fingerprint density at radius 3 is 3.05 bits per heavy atom. The lowest BCUT2D eigenvalue weighted by molar-refractivity contribution is 0.164. The van der Waals surface area contributed by atoms with Crippen LogP contribution in [0.4, 0.5) is 0 Å². The number of nitrogens with one attached hydrogen (secondary N) is 1. The van der Waals surface area contributed by atoms with E-state index >= 15 is 0 Å². The molecule has 0 bridgehead atoms. The smallest absolute Gasteiger partial charge is 0.0764 e. The first-order chi connectivity index (χ1) is 9.70. The standard InChI is InChI=1S/C15H23N5/c1-12-9-16-17-15(12)8-13-4-3-6-20(10-13)11-14-5-7-19(2)18-14/h5,7,9,13H,3-4,6,8,10-11H2,1-2H3,(H,16,17)/t13-/m1/s1. The lowest BCUT2D eigenvalue weighted by Gasteiger charge is -2.32. The predicted molar refractivity (Wildman–Crippen MR) is 78.2 cm³/mol. The van der Waals surface area contributed by atoms with Crippen molar-refractivity contribution in [2.24, 2.45) is 13.0 Å². The van der Waals surface area contributed by atoms with Gasteiger partial charge in [-0.15, -0.1) is 0 Å². The minimum atomic E-state index is 0.728. The first-order valence-electron chi connectivity index (χ1n) is 7.40. The van der Waals surface area contributed by atoms with Crippen molar-refractivity contribution in [3.63, 3.8) is 0 Å². The second kappa shape index (κ2) is 5.79. The number of aryl methyl sites for hydroxylation is 2. The van der Waals surface area contributed by atoms with Crippen molar-refractivity contribution in [2.75, 3.05) is 13.1 Å². The third-order valence-corrected chi connectivity index (χ3v) is 4.18. The van der Waals surface area contributed by atoms with E-state index in [0.717, 1.165) is 25.4 Å². The quantitative estimate of drug-likeness (QED) is 0.925. The van der Waals surface area contributed by atoms with Gasteiger partial charge in [-0.05, 0) is 50.3 Å². The number of nitrogens with zero attached hydrogens (tertiary/aromatic N) is 4. The average molecular weight is 273 g/mol. The number of likely N-dealkylation sites (tertiary alicyclic amines) is 1. The molecule has 2 aromatic rings. The Morgan fingerprint density at radius 2 is 2.35 bits per heavy atom. The van der Waals surface area contributed by atoms with E-state index < -0.39 is 0 Å². The zero-order valence-corrected chi connectivity index (χ0v) is 12.3. The van der Waals surface area contributed by atoms with Gasteiger partial charge in [0.1, 0.15) is 0 Å². The van der Waals surface area contributed by atoms with Crippen LogP contribution in [-0.2, 0) is 20.0 Å². The van der Waals surface area contributed by atoms with Crippen molar-refractivity contribution < 1.29 is 0 Å². The molecular formula is C15H23N5. The van der Waals surface area contributed by atoms with Crippen molar-refractivity contribution in [1.82, 2.24) is 24.9 Å². The largest absolute Gasteiger partial charge is 0.297 e. The SMILES string of the molecule is Cc1cn[nH]c1C[C@H]1CCCN(Cc2ccn(C)n2)C1. The van der Waals surface area contributed by atoms with Crippen LogP contribution in [-0.4, -0.2) is 38.0 Å². The maximum atomic E-state index is 4.48. The highest BCUT2D eigenvalue weighted by molar-refractivity contribution is 5.14. The normalized spacial score (nSPS) is 20.4. The molecule has 0 amide bonds. The molecule has 20 heavy (non-hydrogen) atoms. The van der Waals surface area contributed by atoms with Crippen molar-refractivity contribution in [3.05, 3.63) is 35.4 Å². The zero-order valence-electron chi connectivity index (χ0n) is 12.3. The highest BCUT2D eigenvalue weighted by atomic mass is 15.3. The van der Waals surface area contributed by atoms with Crippen molar-refractivity contribution >= 4 is 0 Å². The molecule has 108 valence electrons. The second-order valence-electron chi connectivity index (χ2n) is 5.96. The molecule has 1 atom stereocenters. The van der Waals surface area contributed by atoms with E-state index in [1.807, 2.05) is 24.1 Å². The van der Waals surface area contributed by atoms with Gasteiger partial charge in [-0.25, -0.2) is 0 Å². The van der Waals surface area contributed by atoms with Crippen LogP contribution in [0.3, 0.4) is 0 Å². The summed E-state index contributed by atoms with van der Waals surface area (Å²) in [6.45, 7) is 5.46. The second-order valence-corrected chi connectivity index (χ2v) is 5.96. The summed E-state index contributed by atoms with van der Waals surface area (Å²) >= 11 is 0. The number of piperidine rings is 1. The number of hydrogen-bond donors (Lipinski definition) is 1. The van der Waals surface area contributed by atoms with Crippen molar-refractivity contribution in [3.8, 4) is 0 Å². The summed E-state index contributed by atoms with van der Waals surface area (Å²) < 4.78 is 1.88. The molecule has 2 aromatic heterocycles. The van der Waals surface area contributed by atoms with Gasteiger partial charge in [0.05, 0.1) is 11.9 Å². The highest BCUT2D eigenvalue weighted by Crippen LogP contribution is 2.22. The summed E-state index contributed by atoms with van der Waals surface area (Å²) in [5.74, 6) is 0.728. The molecule has 1 aliphatic rings. The minimum Gasteiger partial charge on any atom is -0.297 e. The summed E-state index contributed by atoms with van der Waals surface area (Å²) in [6, 6.07) is 2.11. The maximum Gasteiger partial charge on any atom is 0.0764 e. The minimum absolute atomic E-state index is 0.728. The molecular weight excluding hydrogens is 250 g/mol. The molecule has 0 unspecified atom stereocenters. The van der Waals surface area contributed by atoms with E-state index in [9.17, 15) is 0 Å². The van der Waals surface area contributed by atoms with Crippen molar-refractivity contribution in [1.29, 1.82) is 0 Å². The molecule has 0 aromatic carbocycles. The van der Waals surface area contributed by atoms with Crippen LogP contribution in [0.2, 0.25) is 0 Å². The van der Waals surface area contributed by atoms with E-state index in [4.69, 9.17) is 0 Å². The average Bonchev–Trinajstić information content (AvgIpc) is 3.00. The molecule has 0 spiro atoms. The maximum absolute atomic E-state index is 4.48. The van der Waals surface area contributed by atoms with E-state index in [-0.39, 0.29) is 0 Å². The van der Waals surface area contributed by atoms with Crippen LogP contribution in [0.15, 0.2) is 18.5 Å². The van der Waals surface area contributed by atoms with E-state index in [1.54, 1.807) is 0 Å². The van der Waals surface area contributed by atoms with Gasteiger partial charge in [-0.3, -0.25) is 14.7 Å². The van der Waals surface area contributed by atoms with Crippen molar-refractivity contribution in [2.45, 2.75) is 32.7 Å². The molecule has 5 nitrogen and oxygen atoms in total. The first kappa shape index (κ1) is 13.4.